The fourth-order valence-corrected chi connectivity index (χ4v) is 10.4. The Balaban J connectivity index is 1.46. The Bertz CT molecular complexity index is 1200. The number of carbonyl (C=O) groups is 3. The third-order valence-corrected chi connectivity index (χ3v) is 11.8. The summed E-state index contributed by atoms with van der Waals surface area (Å²) in [7, 11) is 0. The summed E-state index contributed by atoms with van der Waals surface area (Å²) in [5.74, 6) is -1.72. The molecule has 3 heterocycles. The first-order valence-corrected chi connectivity index (χ1v) is 16.1. The number of unbranched alkanes of at least 4 members (excludes halogenated alkanes) is 2. The second-order valence-corrected chi connectivity index (χ2v) is 13.9. The Hall–Kier alpha value is -2.36. The standard InChI is InChI=1S/C31H38BrN3O4S/c1-2-3-10-15-33-29(38)27-31-17-23(32)26(40-31)24(28(37)34-18-21-13-8-5-9-14-21)25(31)30(39)35(27)22(19-36)16-20-11-6-4-7-12-20/h4-9,11-14,22-27,36H,2-3,10,15-19H2,1H3,(H,33,38)(H,34,37)/t22-,23?,24-,25+,26-,27?,31?/m1/s1. The second-order valence-electron chi connectivity index (χ2n) is 11.1. The zero-order chi connectivity index (χ0) is 28.3. The van der Waals surface area contributed by atoms with Gasteiger partial charge in [0.15, 0.2) is 0 Å². The molecule has 40 heavy (non-hydrogen) atoms. The third-order valence-electron chi connectivity index (χ3n) is 8.59. The average molecular weight is 629 g/mol. The normalized spacial score (nSPS) is 29.3. The molecule has 3 aliphatic rings. The minimum atomic E-state index is -0.755. The number of hydrogen-bond acceptors (Lipinski definition) is 5. The van der Waals surface area contributed by atoms with E-state index in [1.165, 1.54) is 0 Å². The molecule has 214 valence electrons. The number of hydrogen-bond donors (Lipinski definition) is 3. The average Bonchev–Trinajstić information content (AvgIpc) is 3.57. The van der Waals surface area contributed by atoms with Gasteiger partial charge in [-0.25, -0.2) is 0 Å². The molecule has 3 aliphatic heterocycles. The van der Waals surface area contributed by atoms with Crippen LogP contribution in [0.3, 0.4) is 0 Å². The molecule has 5 rings (SSSR count). The first kappa shape index (κ1) is 29.1. The van der Waals surface area contributed by atoms with E-state index in [1.54, 1.807) is 16.7 Å². The predicted octanol–water partition coefficient (Wildman–Crippen LogP) is 3.68. The van der Waals surface area contributed by atoms with Crippen LogP contribution in [0.2, 0.25) is 0 Å². The third kappa shape index (κ3) is 5.44. The second kappa shape index (κ2) is 12.7. The first-order chi connectivity index (χ1) is 19.4. The molecule has 3 N–H and O–H groups in total. The number of benzene rings is 2. The molecule has 0 aromatic heterocycles. The van der Waals surface area contributed by atoms with Crippen LogP contribution in [0.15, 0.2) is 60.7 Å². The van der Waals surface area contributed by atoms with Gasteiger partial charge in [-0.1, -0.05) is 96.4 Å². The fraction of sp³-hybridized carbons (Fsp3) is 0.516. The zero-order valence-electron chi connectivity index (χ0n) is 22.8. The quantitative estimate of drug-likeness (QED) is 0.246. The molecule has 7 nitrogen and oxygen atoms in total. The first-order valence-electron chi connectivity index (χ1n) is 14.3. The molecule has 1 spiro atoms. The number of thioether (sulfide) groups is 1. The lowest BCUT2D eigenvalue weighted by Crippen LogP contribution is -2.57. The number of aliphatic hydroxyl groups is 1. The lowest BCUT2D eigenvalue weighted by Gasteiger charge is -2.37. The summed E-state index contributed by atoms with van der Waals surface area (Å²) in [6.07, 6.45) is 3.98. The number of likely N-dealkylation sites (tertiary alicyclic amines) is 1. The number of fused-ring (bicyclic) bond motifs is 1. The molecule has 3 unspecified atom stereocenters. The maximum atomic E-state index is 14.4. The summed E-state index contributed by atoms with van der Waals surface area (Å²) in [5, 5.41) is 16.6. The van der Waals surface area contributed by atoms with Crippen molar-refractivity contribution in [2.45, 2.75) is 72.5 Å². The summed E-state index contributed by atoms with van der Waals surface area (Å²) in [6, 6.07) is 18.1. The molecule has 3 amide bonds. The van der Waals surface area contributed by atoms with E-state index in [9.17, 15) is 19.5 Å². The number of nitrogens with zero attached hydrogens (tertiary/aromatic N) is 1. The van der Waals surface area contributed by atoms with Crippen LogP contribution >= 0.6 is 27.7 Å². The van der Waals surface area contributed by atoms with Gasteiger partial charge in [0.2, 0.25) is 17.7 Å². The molecule has 0 saturated carbocycles. The van der Waals surface area contributed by atoms with Crippen molar-refractivity contribution in [1.29, 1.82) is 0 Å². The Morgan fingerprint density at radius 2 is 1.73 bits per heavy atom. The Morgan fingerprint density at radius 3 is 2.38 bits per heavy atom. The van der Waals surface area contributed by atoms with E-state index in [2.05, 4.69) is 33.5 Å². The maximum absolute atomic E-state index is 14.4. The number of aliphatic hydroxyl groups excluding tert-OH is 1. The molecule has 2 aromatic rings. The molecular weight excluding hydrogens is 590 g/mol. The van der Waals surface area contributed by atoms with Crippen molar-refractivity contribution in [1.82, 2.24) is 15.5 Å². The largest absolute Gasteiger partial charge is 0.394 e. The Labute approximate surface area is 249 Å². The Kier molecular flexibility index (Phi) is 9.22. The lowest BCUT2D eigenvalue weighted by molar-refractivity contribution is -0.142. The summed E-state index contributed by atoms with van der Waals surface area (Å²) >= 11 is 5.44. The van der Waals surface area contributed by atoms with Gasteiger partial charge in [0, 0.05) is 23.2 Å². The van der Waals surface area contributed by atoms with Crippen LogP contribution in [-0.2, 0) is 27.3 Å². The summed E-state index contributed by atoms with van der Waals surface area (Å²) in [4.78, 5) is 43.7. The molecule has 2 bridgehead atoms. The van der Waals surface area contributed by atoms with Gasteiger partial charge < -0.3 is 20.6 Å². The van der Waals surface area contributed by atoms with E-state index in [0.29, 0.717) is 25.9 Å². The minimum absolute atomic E-state index is 0.00562. The zero-order valence-corrected chi connectivity index (χ0v) is 25.2. The van der Waals surface area contributed by atoms with E-state index < -0.39 is 28.7 Å². The SMILES string of the molecule is CCCCCNC(=O)C1N([C@@H](CO)Cc2ccccc2)C(=O)[C@@H]2[C@@H](C(=O)NCc3ccccc3)[C@@H]3SC12CC3Br. The topological polar surface area (TPSA) is 98.7 Å². The van der Waals surface area contributed by atoms with Gasteiger partial charge in [0.25, 0.3) is 0 Å². The number of alkyl halides is 1. The molecule has 9 heteroatoms. The molecule has 3 fully saturated rings. The highest BCUT2D eigenvalue weighted by Gasteiger charge is 2.76. The lowest BCUT2D eigenvalue weighted by atomic mass is 9.70. The van der Waals surface area contributed by atoms with E-state index in [0.717, 1.165) is 30.4 Å². The molecule has 2 aromatic carbocycles. The van der Waals surface area contributed by atoms with Crippen LogP contribution < -0.4 is 10.6 Å². The number of carbonyl (C=O) groups excluding carboxylic acids is 3. The summed E-state index contributed by atoms with van der Waals surface area (Å²) in [5.41, 5.74) is 1.97. The Morgan fingerprint density at radius 1 is 1.05 bits per heavy atom. The van der Waals surface area contributed by atoms with Crippen molar-refractivity contribution < 1.29 is 19.5 Å². The highest BCUT2D eigenvalue weighted by molar-refractivity contribution is 9.09. The minimum Gasteiger partial charge on any atom is -0.394 e. The number of halogens is 1. The van der Waals surface area contributed by atoms with Gasteiger partial charge in [-0.2, -0.15) is 0 Å². The van der Waals surface area contributed by atoms with Crippen molar-refractivity contribution in [2.75, 3.05) is 13.2 Å². The van der Waals surface area contributed by atoms with E-state index in [4.69, 9.17) is 0 Å². The van der Waals surface area contributed by atoms with Gasteiger partial charge in [-0.15, -0.1) is 11.8 Å². The molecule has 0 aliphatic carbocycles. The van der Waals surface area contributed by atoms with Gasteiger partial charge in [-0.05, 0) is 30.4 Å². The monoisotopic (exact) mass is 627 g/mol. The van der Waals surface area contributed by atoms with E-state index in [-0.39, 0.29) is 34.4 Å². The van der Waals surface area contributed by atoms with E-state index >= 15 is 0 Å². The molecular formula is C31H38BrN3O4S. The molecule has 3 saturated heterocycles. The van der Waals surface area contributed by atoms with Crippen LogP contribution in [0.25, 0.3) is 0 Å². The van der Waals surface area contributed by atoms with Crippen molar-refractivity contribution >= 4 is 45.4 Å². The molecule has 0 radical (unpaired) electrons. The van der Waals surface area contributed by atoms with Gasteiger partial charge >= 0.3 is 0 Å². The van der Waals surface area contributed by atoms with Gasteiger partial charge in [0.05, 0.1) is 29.2 Å². The maximum Gasteiger partial charge on any atom is 0.244 e. The highest BCUT2D eigenvalue weighted by Crippen LogP contribution is 2.68. The number of nitrogens with one attached hydrogen (secondary N) is 2. The predicted molar refractivity (Wildman–Crippen MR) is 161 cm³/mol. The summed E-state index contributed by atoms with van der Waals surface area (Å²) < 4.78 is -0.733. The number of amides is 3. The van der Waals surface area contributed by atoms with Crippen LogP contribution in [0.4, 0.5) is 0 Å². The van der Waals surface area contributed by atoms with Gasteiger partial charge in [-0.3, -0.25) is 14.4 Å². The summed E-state index contributed by atoms with van der Waals surface area (Å²) in [6.45, 7) is 2.78. The number of rotatable bonds is 12. The smallest absolute Gasteiger partial charge is 0.244 e. The van der Waals surface area contributed by atoms with Crippen molar-refractivity contribution in [3.05, 3.63) is 71.8 Å². The van der Waals surface area contributed by atoms with Crippen molar-refractivity contribution in [2.24, 2.45) is 11.8 Å². The highest BCUT2D eigenvalue weighted by atomic mass is 79.9. The fourth-order valence-electron chi connectivity index (χ4n) is 6.78. The van der Waals surface area contributed by atoms with Crippen molar-refractivity contribution in [3.8, 4) is 0 Å². The van der Waals surface area contributed by atoms with Crippen LogP contribution in [0.5, 0.6) is 0 Å². The molecule has 7 atom stereocenters. The van der Waals surface area contributed by atoms with Crippen LogP contribution in [-0.4, -0.2) is 67.8 Å². The van der Waals surface area contributed by atoms with E-state index in [1.807, 2.05) is 60.7 Å². The van der Waals surface area contributed by atoms with Crippen LogP contribution in [0, 0.1) is 11.8 Å². The van der Waals surface area contributed by atoms with Crippen molar-refractivity contribution in [3.63, 3.8) is 0 Å². The van der Waals surface area contributed by atoms with Crippen LogP contribution in [0.1, 0.15) is 43.7 Å². The van der Waals surface area contributed by atoms with Gasteiger partial charge in [0.1, 0.15) is 6.04 Å².